The summed E-state index contributed by atoms with van der Waals surface area (Å²) in [7, 11) is 0. The van der Waals surface area contributed by atoms with Crippen LogP contribution in [0.5, 0.6) is 5.88 Å². The molecule has 2 aromatic rings. The number of rotatable bonds is 3. The van der Waals surface area contributed by atoms with Crippen LogP contribution in [0, 0.1) is 0 Å². The molecular formula is C12H12BrN3O2. The van der Waals surface area contributed by atoms with Gasteiger partial charge in [-0.15, -0.1) is 0 Å². The Balaban J connectivity index is 2.52. The number of halogens is 1. The van der Waals surface area contributed by atoms with Crippen molar-refractivity contribution < 1.29 is 5.11 Å². The molecule has 0 aliphatic rings. The van der Waals surface area contributed by atoms with E-state index in [9.17, 15) is 9.90 Å². The zero-order chi connectivity index (χ0) is 13.1. The van der Waals surface area contributed by atoms with Crippen molar-refractivity contribution in [2.24, 2.45) is 5.73 Å². The standard InChI is InChI=1S/C12H12BrN3O2/c13-8-3-1-7(2-4-8)10-11(17)15-9(5-6-14)16-12(10)18/h1-4H,5-6,14H2,(H2,15,16,17,18). The monoisotopic (exact) mass is 309 g/mol. The molecule has 0 spiro atoms. The van der Waals surface area contributed by atoms with Crippen LogP contribution in [0.3, 0.4) is 0 Å². The molecule has 18 heavy (non-hydrogen) atoms. The molecule has 0 aliphatic carbocycles. The predicted octanol–water partition coefficient (Wildman–Crippen LogP) is 1.41. The highest BCUT2D eigenvalue weighted by molar-refractivity contribution is 9.10. The first kappa shape index (κ1) is 12.8. The van der Waals surface area contributed by atoms with E-state index in [-0.39, 0.29) is 17.0 Å². The average molecular weight is 310 g/mol. The minimum absolute atomic E-state index is 0.170. The van der Waals surface area contributed by atoms with E-state index in [0.717, 1.165) is 4.47 Å². The summed E-state index contributed by atoms with van der Waals surface area (Å²) in [6.07, 6.45) is 0.420. The van der Waals surface area contributed by atoms with Crippen molar-refractivity contribution in [3.63, 3.8) is 0 Å². The molecule has 1 aromatic carbocycles. The summed E-state index contributed by atoms with van der Waals surface area (Å²) in [5.74, 6) is 0.116. The van der Waals surface area contributed by atoms with Gasteiger partial charge in [0.2, 0.25) is 5.88 Å². The van der Waals surface area contributed by atoms with E-state index in [4.69, 9.17) is 5.73 Å². The third kappa shape index (κ3) is 2.60. The highest BCUT2D eigenvalue weighted by Gasteiger charge is 2.12. The third-order valence-electron chi connectivity index (χ3n) is 2.46. The molecular weight excluding hydrogens is 298 g/mol. The molecule has 0 radical (unpaired) electrons. The fourth-order valence-electron chi connectivity index (χ4n) is 1.64. The topological polar surface area (TPSA) is 92.0 Å². The van der Waals surface area contributed by atoms with Crippen LogP contribution in [0.25, 0.3) is 11.1 Å². The Morgan fingerprint density at radius 2 is 2.00 bits per heavy atom. The second-order valence-corrected chi connectivity index (χ2v) is 4.67. The third-order valence-corrected chi connectivity index (χ3v) is 2.99. The van der Waals surface area contributed by atoms with Crippen LogP contribution in [-0.4, -0.2) is 21.6 Å². The maximum absolute atomic E-state index is 11.9. The average Bonchev–Trinajstić information content (AvgIpc) is 2.31. The van der Waals surface area contributed by atoms with Crippen LogP contribution < -0.4 is 11.3 Å². The molecule has 0 bridgehead atoms. The maximum atomic E-state index is 11.9. The minimum atomic E-state index is -0.367. The van der Waals surface area contributed by atoms with Crippen LogP contribution >= 0.6 is 15.9 Å². The summed E-state index contributed by atoms with van der Waals surface area (Å²) in [6.45, 7) is 0.361. The van der Waals surface area contributed by atoms with Gasteiger partial charge in [0.15, 0.2) is 0 Å². The molecule has 0 saturated heterocycles. The fourth-order valence-corrected chi connectivity index (χ4v) is 1.90. The number of aromatic hydroxyl groups is 1. The summed E-state index contributed by atoms with van der Waals surface area (Å²) in [6, 6.07) is 7.06. The first-order valence-electron chi connectivity index (χ1n) is 5.40. The van der Waals surface area contributed by atoms with Crippen molar-refractivity contribution in [1.29, 1.82) is 0 Å². The van der Waals surface area contributed by atoms with Crippen molar-refractivity contribution >= 4 is 15.9 Å². The van der Waals surface area contributed by atoms with Gasteiger partial charge in [0.1, 0.15) is 11.4 Å². The van der Waals surface area contributed by atoms with E-state index in [2.05, 4.69) is 25.9 Å². The molecule has 0 fully saturated rings. The molecule has 94 valence electrons. The predicted molar refractivity (Wildman–Crippen MR) is 72.4 cm³/mol. The van der Waals surface area contributed by atoms with Gasteiger partial charge < -0.3 is 15.8 Å². The number of aromatic nitrogens is 2. The van der Waals surface area contributed by atoms with Gasteiger partial charge in [-0.1, -0.05) is 28.1 Å². The SMILES string of the molecule is NCCc1nc(O)c(-c2ccc(Br)cc2)c(=O)[nH]1. The highest BCUT2D eigenvalue weighted by atomic mass is 79.9. The summed E-state index contributed by atoms with van der Waals surface area (Å²) in [5.41, 5.74) is 5.79. The lowest BCUT2D eigenvalue weighted by Gasteiger charge is -2.05. The molecule has 0 saturated carbocycles. The van der Waals surface area contributed by atoms with Crippen LogP contribution in [-0.2, 0) is 6.42 Å². The van der Waals surface area contributed by atoms with Crippen LogP contribution in [0.15, 0.2) is 33.5 Å². The lowest BCUT2D eigenvalue weighted by Crippen LogP contribution is -2.16. The number of nitrogens with zero attached hydrogens (tertiary/aromatic N) is 1. The maximum Gasteiger partial charge on any atom is 0.262 e. The van der Waals surface area contributed by atoms with Gasteiger partial charge in [-0.3, -0.25) is 4.79 Å². The zero-order valence-electron chi connectivity index (χ0n) is 9.48. The Morgan fingerprint density at radius 3 is 2.56 bits per heavy atom. The van der Waals surface area contributed by atoms with Gasteiger partial charge in [0.25, 0.3) is 5.56 Å². The molecule has 5 nitrogen and oxygen atoms in total. The van der Waals surface area contributed by atoms with Crippen molar-refractivity contribution in [2.75, 3.05) is 6.54 Å². The van der Waals surface area contributed by atoms with Gasteiger partial charge in [0, 0.05) is 10.9 Å². The van der Waals surface area contributed by atoms with E-state index >= 15 is 0 Å². The van der Waals surface area contributed by atoms with E-state index in [0.29, 0.717) is 24.4 Å². The Labute approximate surface area is 112 Å². The zero-order valence-corrected chi connectivity index (χ0v) is 11.1. The van der Waals surface area contributed by atoms with Crippen LogP contribution in [0.1, 0.15) is 5.82 Å². The Bertz CT molecular complexity index is 608. The van der Waals surface area contributed by atoms with Gasteiger partial charge in [-0.2, -0.15) is 4.98 Å². The number of benzene rings is 1. The molecule has 2 rings (SSSR count). The fraction of sp³-hybridized carbons (Fsp3) is 0.167. The minimum Gasteiger partial charge on any atom is -0.493 e. The van der Waals surface area contributed by atoms with Crippen molar-refractivity contribution in [2.45, 2.75) is 6.42 Å². The lowest BCUT2D eigenvalue weighted by atomic mass is 10.1. The normalized spacial score (nSPS) is 10.6. The largest absolute Gasteiger partial charge is 0.493 e. The van der Waals surface area contributed by atoms with Crippen LogP contribution in [0.2, 0.25) is 0 Å². The molecule has 0 aliphatic heterocycles. The van der Waals surface area contributed by atoms with Gasteiger partial charge >= 0.3 is 0 Å². The summed E-state index contributed by atoms with van der Waals surface area (Å²) >= 11 is 3.31. The smallest absolute Gasteiger partial charge is 0.262 e. The summed E-state index contributed by atoms with van der Waals surface area (Å²) in [4.78, 5) is 18.5. The second kappa shape index (κ2) is 5.32. The Kier molecular flexibility index (Phi) is 3.78. The Hall–Kier alpha value is -1.66. The van der Waals surface area contributed by atoms with E-state index in [1.807, 2.05) is 0 Å². The first-order valence-corrected chi connectivity index (χ1v) is 6.19. The number of nitrogens with one attached hydrogen (secondary N) is 1. The van der Waals surface area contributed by atoms with Crippen molar-refractivity contribution in [1.82, 2.24) is 9.97 Å². The number of nitrogens with two attached hydrogens (primary N) is 1. The number of hydrogen-bond acceptors (Lipinski definition) is 4. The van der Waals surface area contributed by atoms with Crippen LogP contribution in [0.4, 0.5) is 0 Å². The molecule has 4 N–H and O–H groups in total. The molecule has 6 heteroatoms. The van der Waals surface area contributed by atoms with E-state index in [1.165, 1.54) is 0 Å². The van der Waals surface area contributed by atoms with E-state index in [1.54, 1.807) is 24.3 Å². The Morgan fingerprint density at radius 1 is 1.33 bits per heavy atom. The first-order chi connectivity index (χ1) is 8.61. The quantitative estimate of drug-likeness (QED) is 0.799. The van der Waals surface area contributed by atoms with Crippen molar-refractivity contribution in [3.05, 3.63) is 44.9 Å². The summed E-state index contributed by atoms with van der Waals surface area (Å²) < 4.78 is 0.898. The van der Waals surface area contributed by atoms with E-state index < -0.39 is 0 Å². The molecule has 1 aromatic heterocycles. The van der Waals surface area contributed by atoms with Gasteiger partial charge in [0.05, 0.1) is 0 Å². The van der Waals surface area contributed by atoms with Crippen molar-refractivity contribution in [3.8, 4) is 17.0 Å². The number of H-pyrrole nitrogens is 1. The summed E-state index contributed by atoms with van der Waals surface area (Å²) in [5, 5.41) is 9.84. The molecule has 0 atom stereocenters. The highest BCUT2D eigenvalue weighted by Crippen LogP contribution is 2.24. The number of aromatic amines is 1. The van der Waals surface area contributed by atoms with Gasteiger partial charge in [-0.25, -0.2) is 0 Å². The van der Waals surface area contributed by atoms with Gasteiger partial charge in [-0.05, 0) is 24.2 Å². The lowest BCUT2D eigenvalue weighted by molar-refractivity contribution is 0.450. The molecule has 1 heterocycles. The second-order valence-electron chi connectivity index (χ2n) is 3.76. The molecule has 0 unspecified atom stereocenters. The number of hydrogen-bond donors (Lipinski definition) is 3. The molecule has 0 amide bonds.